The first-order valence-electron chi connectivity index (χ1n) is 7.38. The van der Waals surface area contributed by atoms with Crippen molar-refractivity contribution in [1.82, 2.24) is 9.97 Å². The molecule has 0 saturated carbocycles. The quantitative estimate of drug-likeness (QED) is 0.715. The molecule has 0 aliphatic rings. The van der Waals surface area contributed by atoms with Crippen LogP contribution in [0.25, 0.3) is 22.2 Å². The van der Waals surface area contributed by atoms with Gasteiger partial charge >= 0.3 is 0 Å². The molecule has 1 heterocycles. The number of para-hydroxylation sites is 1. The normalized spacial score (nSPS) is 13.6. The van der Waals surface area contributed by atoms with Gasteiger partial charge in [-0.1, -0.05) is 36.4 Å². The number of fused-ring (bicyclic) bond motifs is 1. The number of aryl methyl sites for hydroxylation is 1. The Morgan fingerprint density at radius 3 is 2.58 bits per heavy atom. The van der Waals surface area contributed by atoms with E-state index in [1.807, 2.05) is 42.5 Å². The van der Waals surface area contributed by atoms with Crippen molar-refractivity contribution in [2.45, 2.75) is 6.42 Å². The molecule has 2 aromatic carbocycles. The Labute approximate surface area is 139 Å². The Hall–Kier alpha value is -2.27. The first kappa shape index (κ1) is 16.6. The van der Waals surface area contributed by atoms with E-state index in [0.717, 1.165) is 27.7 Å². The highest BCUT2D eigenvalue weighted by Gasteiger charge is 2.10. The van der Waals surface area contributed by atoms with Gasteiger partial charge in [0.2, 0.25) is 0 Å². The van der Waals surface area contributed by atoms with Crippen LogP contribution in [0, 0.1) is 0 Å². The number of methoxy groups -OCH3 is 1. The first-order chi connectivity index (χ1) is 11.5. The van der Waals surface area contributed by atoms with E-state index in [-0.39, 0.29) is 12.6 Å². The van der Waals surface area contributed by atoms with Crippen LogP contribution in [0.1, 0.15) is 5.56 Å². The summed E-state index contributed by atoms with van der Waals surface area (Å²) < 4.78 is 16.2. The predicted octanol–water partition coefficient (Wildman–Crippen LogP) is 2.39. The molecule has 1 unspecified atom stereocenters. The summed E-state index contributed by atoms with van der Waals surface area (Å²) in [6.07, 6.45) is 1.50. The van der Waals surface area contributed by atoms with Gasteiger partial charge in [-0.2, -0.15) is 0 Å². The fourth-order valence-corrected chi connectivity index (χ4v) is 3.10. The molecule has 0 aliphatic heterocycles. The molecule has 0 saturated heterocycles. The smallest absolute Gasteiger partial charge is 0.145 e. The predicted molar refractivity (Wildman–Crippen MR) is 89.9 cm³/mol. The third kappa shape index (κ3) is 3.62. The lowest BCUT2D eigenvalue weighted by Crippen LogP contribution is -2.05. The summed E-state index contributed by atoms with van der Waals surface area (Å²) in [6, 6.07) is 13.1. The van der Waals surface area contributed by atoms with Crippen molar-refractivity contribution in [2.24, 2.45) is 0 Å². The molecular formula is C17H16N2O4P-. The molecule has 0 radical (unpaired) electrons. The second-order valence-electron chi connectivity index (χ2n) is 5.39. The highest BCUT2D eigenvalue weighted by molar-refractivity contribution is 7.50. The number of rotatable bonds is 5. The number of aromatic nitrogens is 2. The molecule has 0 fully saturated rings. The summed E-state index contributed by atoms with van der Waals surface area (Å²) in [7, 11) is -2.63. The van der Waals surface area contributed by atoms with Crippen LogP contribution < -0.4 is 9.63 Å². The van der Waals surface area contributed by atoms with Crippen LogP contribution in [0.3, 0.4) is 0 Å². The Bertz CT molecular complexity index is 906. The lowest BCUT2D eigenvalue weighted by Gasteiger charge is -2.15. The second-order valence-corrected chi connectivity index (χ2v) is 7.11. The standard InChI is InChI=1S/C17H17N2O4P/c1-23-15-4-2-3-14-16(18-11-19-17(14)15)13-7-5-12(6-8-13)9-10-24(20,21)22/h2-8,11H,9-10H2,1H3,(H2,20,21,22)/p-1. The van der Waals surface area contributed by atoms with Crippen LogP contribution in [0.2, 0.25) is 0 Å². The fourth-order valence-electron chi connectivity index (χ4n) is 2.55. The number of nitrogens with zero attached hydrogens (tertiary/aromatic N) is 2. The minimum atomic E-state index is -4.23. The van der Waals surface area contributed by atoms with Crippen LogP contribution in [0.15, 0.2) is 48.8 Å². The van der Waals surface area contributed by atoms with E-state index in [1.54, 1.807) is 7.11 Å². The Kier molecular flexibility index (Phi) is 4.62. The monoisotopic (exact) mass is 343 g/mol. The topological polar surface area (TPSA) is 95.4 Å². The van der Waals surface area contributed by atoms with Gasteiger partial charge in [-0.3, -0.25) is 0 Å². The number of hydrogen-bond acceptors (Lipinski definition) is 5. The van der Waals surface area contributed by atoms with Gasteiger partial charge in [-0.15, -0.1) is 0 Å². The Balaban J connectivity index is 1.95. The van der Waals surface area contributed by atoms with Crippen molar-refractivity contribution < 1.29 is 19.1 Å². The lowest BCUT2D eigenvalue weighted by molar-refractivity contribution is -0.193. The van der Waals surface area contributed by atoms with E-state index in [1.165, 1.54) is 6.33 Å². The maximum absolute atomic E-state index is 10.9. The zero-order chi connectivity index (χ0) is 17.2. The molecule has 0 bridgehead atoms. The molecule has 124 valence electrons. The minimum absolute atomic E-state index is 0.264. The average molecular weight is 343 g/mol. The maximum Gasteiger partial charge on any atom is 0.145 e. The summed E-state index contributed by atoms with van der Waals surface area (Å²) in [5.41, 5.74) is 3.25. The molecular weight excluding hydrogens is 327 g/mol. The molecule has 1 N–H and O–H groups in total. The van der Waals surface area contributed by atoms with Crippen molar-refractivity contribution in [3.05, 3.63) is 54.4 Å². The summed E-state index contributed by atoms with van der Waals surface area (Å²) in [5.74, 6) is 0.682. The average Bonchev–Trinajstić information content (AvgIpc) is 2.59. The third-order valence-electron chi connectivity index (χ3n) is 3.76. The molecule has 24 heavy (non-hydrogen) atoms. The van der Waals surface area contributed by atoms with Crippen molar-refractivity contribution in [1.29, 1.82) is 0 Å². The number of hydrogen-bond donors (Lipinski definition) is 1. The molecule has 7 heteroatoms. The van der Waals surface area contributed by atoms with E-state index >= 15 is 0 Å². The minimum Gasteiger partial charge on any atom is -0.779 e. The largest absolute Gasteiger partial charge is 0.779 e. The Morgan fingerprint density at radius 2 is 1.92 bits per heavy atom. The third-order valence-corrected chi connectivity index (χ3v) is 4.55. The molecule has 0 spiro atoms. The first-order valence-corrected chi connectivity index (χ1v) is 9.14. The van der Waals surface area contributed by atoms with E-state index in [4.69, 9.17) is 9.63 Å². The molecule has 1 atom stereocenters. The van der Waals surface area contributed by atoms with Crippen LogP contribution in [0.4, 0.5) is 0 Å². The van der Waals surface area contributed by atoms with Gasteiger partial charge < -0.3 is 19.1 Å². The summed E-state index contributed by atoms with van der Waals surface area (Å²) in [4.78, 5) is 28.4. The number of benzene rings is 2. The molecule has 0 amide bonds. The highest BCUT2D eigenvalue weighted by atomic mass is 31.2. The summed E-state index contributed by atoms with van der Waals surface area (Å²) >= 11 is 0. The van der Waals surface area contributed by atoms with E-state index in [9.17, 15) is 9.46 Å². The van der Waals surface area contributed by atoms with E-state index in [0.29, 0.717) is 5.75 Å². The molecule has 3 aromatic rings. The highest BCUT2D eigenvalue weighted by Crippen LogP contribution is 2.32. The number of ether oxygens (including phenoxy) is 1. The van der Waals surface area contributed by atoms with Gasteiger partial charge in [0.05, 0.1) is 12.8 Å². The van der Waals surface area contributed by atoms with Gasteiger partial charge in [-0.25, -0.2) is 9.97 Å². The van der Waals surface area contributed by atoms with Gasteiger partial charge in [0, 0.05) is 17.1 Å². The Morgan fingerprint density at radius 1 is 1.17 bits per heavy atom. The van der Waals surface area contributed by atoms with Crippen molar-refractivity contribution in [2.75, 3.05) is 13.3 Å². The molecule has 1 aromatic heterocycles. The molecule has 0 aliphatic carbocycles. The van der Waals surface area contributed by atoms with Crippen LogP contribution >= 0.6 is 7.60 Å². The van der Waals surface area contributed by atoms with Crippen LogP contribution in [-0.2, 0) is 11.0 Å². The van der Waals surface area contributed by atoms with Gasteiger partial charge in [0.25, 0.3) is 0 Å². The summed E-state index contributed by atoms with van der Waals surface area (Å²) in [6.45, 7) is 0. The van der Waals surface area contributed by atoms with Crippen LogP contribution in [0.5, 0.6) is 5.75 Å². The van der Waals surface area contributed by atoms with Gasteiger partial charge in [0.1, 0.15) is 25.2 Å². The van der Waals surface area contributed by atoms with E-state index in [2.05, 4.69) is 9.97 Å². The van der Waals surface area contributed by atoms with Crippen molar-refractivity contribution in [3.63, 3.8) is 0 Å². The SMILES string of the molecule is COc1cccc2c(-c3ccc(CCP(=O)([O-])O)cc3)ncnc12. The second kappa shape index (κ2) is 6.69. The zero-order valence-electron chi connectivity index (χ0n) is 13.0. The zero-order valence-corrected chi connectivity index (χ0v) is 13.9. The van der Waals surface area contributed by atoms with Crippen LogP contribution in [-0.4, -0.2) is 28.1 Å². The maximum atomic E-state index is 10.9. The van der Waals surface area contributed by atoms with Gasteiger partial charge in [-0.05, 0) is 18.1 Å². The lowest BCUT2D eigenvalue weighted by atomic mass is 10.0. The fraction of sp³-hybridized carbons (Fsp3) is 0.176. The van der Waals surface area contributed by atoms with Crippen molar-refractivity contribution in [3.8, 4) is 17.0 Å². The van der Waals surface area contributed by atoms with Gasteiger partial charge in [0.15, 0.2) is 0 Å². The van der Waals surface area contributed by atoms with E-state index < -0.39 is 7.60 Å². The van der Waals surface area contributed by atoms with Crippen molar-refractivity contribution >= 4 is 18.5 Å². The molecule has 6 nitrogen and oxygen atoms in total. The molecule has 3 rings (SSSR count). The summed E-state index contributed by atoms with van der Waals surface area (Å²) in [5, 5.41) is 0.879.